The van der Waals surface area contributed by atoms with E-state index < -0.39 is 5.97 Å². The van der Waals surface area contributed by atoms with E-state index in [1.807, 2.05) is 91.2 Å². The normalized spacial score (nSPS) is 11.3. The molecule has 0 atom stereocenters. The van der Waals surface area contributed by atoms with Gasteiger partial charge in [-0.15, -0.1) is 0 Å². The standard InChI is InChI=1S/C29H27NO5/c1-20-16-25(21(2)30(20)18-24-13-9-15-34-24)27(31)19-35-29(32)26(22-10-5-4-6-11-22)17-23-12-7-8-14-28(23)33-3/h4-17H,18-19H2,1-3H3. The van der Waals surface area contributed by atoms with Gasteiger partial charge in [0.15, 0.2) is 6.61 Å². The predicted molar refractivity (Wildman–Crippen MR) is 134 cm³/mol. The molecule has 0 aliphatic rings. The molecule has 0 aliphatic carbocycles. The van der Waals surface area contributed by atoms with Gasteiger partial charge in [0.05, 0.1) is 25.5 Å². The molecule has 0 bridgehead atoms. The summed E-state index contributed by atoms with van der Waals surface area (Å²) in [7, 11) is 1.58. The summed E-state index contributed by atoms with van der Waals surface area (Å²) < 4.78 is 18.4. The van der Waals surface area contributed by atoms with Crippen LogP contribution >= 0.6 is 0 Å². The van der Waals surface area contributed by atoms with Crippen molar-refractivity contribution in [1.82, 2.24) is 4.57 Å². The highest BCUT2D eigenvalue weighted by Gasteiger charge is 2.20. The predicted octanol–water partition coefficient (Wildman–Crippen LogP) is 5.72. The van der Waals surface area contributed by atoms with Crippen LogP contribution in [0.25, 0.3) is 11.6 Å². The van der Waals surface area contributed by atoms with Crippen LogP contribution in [0.4, 0.5) is 0 Å². The van der Waals surface area contributed by atoms with Gasteiger partial charge in [-0.25, -0.2) is 4.79 Å². The smallest absolute Gasteiger partial charge is 0.339 e. The van der Waals surface area contributed by atoms with Gasteiger partial charge in [0.25, 0.3) is 0 Å². The minimum Gasteiger partial charge on any atom is -0.496 e. The Morgan fingerprint density at radius 2 is 1.71 bits per heavy atom. The molecular weight excluding hydrogens is 442 g/mol. The van der Waals surface area contributed by atoms with Crippen molar-refractivity contribution in [2.75, 3.05) is 13.7 Å². The van der Waals surface area contributed by atoms with E-state index in [1.165, 1.54) is 0 Å². The number of Topliss-reactive ketones (excluding diaryl/α,β-unsaturated/α-hetero) is 1. The number of aryl methyl sites for hydroxylation is 1. The molecule has 0 saturated heterocycles. The first-order valence-electron chi connectivity index (χ1n) is 11.3. The fourth-order valence-electron chi connectivity index (χ4n) is 3.99. The first-order valence-corrected chi connectivity index (χ1v) is 11.3. The van der Waals surface area contributed by atoms with E-state index >= 15 is 0 Å². The van der Waals surface area contributed by atoms with Gasteiger partial charge in [-0.2, -0.15) is 0 Å². The lowest BCUT2D eigenvalue weighted by Gasteiger charge is -2.11. The zero-order valence-corrected chi connectivity index (χ0v) is 20.0. The number of benzene rings is 2. The highest BCUT2D eigenvalue weighted by molar-refractivity contribution is 6.22. The Labute approximate surface area is 204 Å². The summed E-state index contributed by atoms with van der Waals surface area (Å²) in [6, 6.07) is 22.2. The van der Waals surface area contributed by atoms with Crippen LogP contribution in [0, 0.1) is 13.8 Å². The molecule has 2 aromatic heterocycles. The number of aromatic nitrogens is 1. The number of rotatable bonds is 9. The molecule has 2 aromatic carbocycles. The van der Waals surface area contributed by atoms with Gasteiger partial charge in [0.1, 0.15) is 11.5 Å². The monoisotopic (exact) mass is 469 g/mol. The molecule has 6 heteroatoms. The fourth-order valence-corrected chi connectivity index (χ4v) is 3.99. The minimum atomic E-state index is -0.583. The molecule has 0 N–H and O–H groups in total. The molecule has 0 saturated carbocycles. The quantitative estimate of drug-likeness (QED) is 0.136. The van der Waals surface area contributed by atoms with Gasteiger partial charge >= 0.3 is 5.97 Å². The Morgan fingerprint density at radius 3 is 2.43 bits per heavy atom. The molecule has 0 spiro atoms. The van der Waals surface area contributed by atoms with Gasteiger partial charge in [-0.3, -0.25) is 4.79 Å². The highest BCUT2D eigenvalue weighted by atomic mass is 16.5. The second-order valence-electron chi connectivity index (χ2n) is 8.12. The van der Waals surface area contributed by atoms with Crippen LogP contribution in [0.3, 0.4) is 0 Å². The number of ether oxygens (including phenoxy) is 2. The Hall–Kier alpha value is -4.32. The summed E-state index contributed by atoms with van der Waals surface area (Å²) in [5, 5.41) is 0. The first kappa shape index (κ1) is 23.8. The van der Waals surface area contributed by atoms with Crippen molar-refractivity contribution in [1.29, 1.82) is 0 Å². The van der Waals surface area contributed by atoms with Crippen molar-refractivity contribution in [2.24, 2.45) is 0 Å². The lowest BCUT2D eigenvalue weighted by atomic mass is 10.0. The topological polar surface area (TPSA) is 70.7 Å². The molecule has 0 fully saturated rings. The van der Waals surface area contributed by atoms with E-state index in [0.717, 1.165) is 22.7 Å². The summed E-state index contributed by atoms with van der Waals surface area (Å²) in [6.07, 6.45) is 3.34. The molecule has 0 aliphatic heterocycles. The SMILES string of the molecule is COc1ccccc1C=C(C(=O)OCC(=O)c1cc(C)n(Cc2ccco2)c1C)c1ccccc1. The van der Waals surface area contributed by atoms with E-state index in [0.29, 0.717) is 29.0 Å². The maximum atomic E-state index is 13.2. The summed E-state index contributed by atoms with van der Waals surface area (Å²) >= 11 is 0. The maximum Gasteiger partial charge on any atom is 0.339 e. The van der Waals surface area contributed by atoms with Crippen LogP contribution in [0.2, 0.25) is 0 Å². The number of methoxy groups -OCH3 is 1. The van der Waals surface area contributed by atoms with Gasteiger partial charge in [0, 0.05) is 22.5 Å². The van der Waals surface area contributed by atoms with Crippen LogP contribution in [-0.4, -0.2) is 30.0 Å². The molecule has 35 heavy (non-hydrogen) atoms. The van der Waals surface area contributed by atoms with Crippen LogP contribution in [0.5, 0.6) is 5.75 Å². The van der Waals surface area contributed by atoms with E-state index in [-0.39, 0.29) is 12.4 Å². The molecule has 178 valence electrons. The third-order valence-corrected chi connectivity index (χ3v) is 5.85. The number of nitrogens with zero attached hydrogens (tertiary/aromatic N) is 1. The fraction of sp³-hybridized carbons (Fsp3) is 0.172. The van der Waals surface area contributed by atoms with Gasteiger partial charge in [0.2, 0.25) is 5.78 Å². The zero-order valence-electron chi connectivity index (χ0n) is 20.0. The van der Waals surface area contributed by atoms with Gasteiger partial charge in [-0.1, -0.05) is 48.5 Å². The molecule has 4 aromatic rings. The van der Waals surface area contributed by atoms with Gasteiger partial charge in [-0.05, 0) is 49.8 Å². The Kier molecular flexibility index (Phi) is 7.31. The number of ketones is 1. The molecule has 6 nitrogen and oxygen atoms in total. The minimum absolute atomic E-state index is 0.262. The Morgan fingerprint density at radius 1 is 0.971 bits per heavy atom. The first-order chi connectivity index (χ1) is 17.0. The zero-order chi connectivity index (χ0) is 24.8. The van der Waals surface area contributed by atoms with Crippen molar-refractivity contribution in [3.8, 4) is 5.75 Å². The summed E-state index contributed by atoms with van der Waals surface area (Å²) in [6.45, 7) is 3.97. The number of carbonyl (C=O) groups excluding carboxylic acids is 2. The number of hydrogen-bond acceptors (Lipinski definition) is 5. The third-order valence-electron chi connectivity index (χ3n) is 5.85. The van der Waals surface area contributed by atoms with E-state index in [1.54, 1.807) is 19.4 Å². The summed E-state index contributed by atoms with van der Waals surface area (Å²) in [4.78, 5) is 26.2. The number of hydrogen-bond donors (Lipinski definition) is 0. The second-order valence-corrected chi connectivity index (χ2v) is 8.12. The van der Waals surface area contributed by atoms with E-state index in [9.17, 15) is 9.59 Å². The lowest BCUT2D eigenvalue weighted by Crippen LogP contribution is -2.16. The van der Waals surface area contributed by atoms with Crippen molar-refractivity contribution >= 4 is 23.4 Å². The largest absolute Gasteiger partial charge is 0.496 e. The van der Waals surface area contributed by atoms with Crippen molar-refractivity contribution < 1.29 is 23.5 Å². The maximum absolute atomic E-state index is 13.2. The Balaban J connectivity index is 1.54. The molecule has 2 heterocycles. The van der Waals surface area contributed by atoms with Crippen LogP contribution in [0.1, 0.15) is 38.6 Å². The van der Waals surface area contributed by atoms with E-state index in [2.05, 4.69) is 0 Å². The number of esters is 1. The molecule has 0 amide bonds. The summed E-state index contributed by atoms with van der Waals surface area (Å²) in [5.41, 5.74) is 4.01. The molecule has 0 radical (unpaired) electrons. The van der Waals surface area contributed by atoms with Crippen molar-refractivity contribution in [2.45, 2.75) is 20.4 Å². The van der Waals surface area contributed by atoms with Crippen LogP contribution in [0.15, 0.2) is 83.5 Å². The number of furan rings is 1. The van der Waals surface area contributed by atoms with Crippen molar-refractivity contribution in [3.05, 3.63) is 113 Å². The molecular formula is C29H27NO5. The van der Waals surface area contributed by atoms with E-state index in [4.69, 9.17) is 13.9 Å². The van der Waals surface area contributed by atoms with Crippen LogP contribution < -0.4 is 4.74 Å². The summed E-state index contributed by atoms with van der Waals surface area (Å²) in [5.74, 6) is 0.585. The lowest BCUT2D eigenvalue weighted by molar-refractivity contribution is -0.135. The van der Waals surface area contributed by atoms with Crippen LogP contribution in [-0.2, 0) is 16.1 Å². The van der Waals surface area contributed by atoms with Gasteiger partial charge < -0.3 is 18.5 Å². The average molecular weight is 470 g/mol. The molecule has 4 rings (SSSR count). The highest BCUT2D eigenvalue weighted by Crippen LogP contribution is 2.26. The molecule has 0 unspecified atom stereocenters. The Bertz CT molecular complexity index is 1350. The second kappa shape index (κ2) is 10.7. The number of carbonyl (C=O) groups is 2. The van der Waals surface area contributed by atoms with Crippen molar-refractivity contribution in [3.63, 3.8) is 0 Å². The third kappa shape index (κ3) is 5.44. The number of para-hydroxylation sites is 1. The average Bonchev–Trinajstić information content (AvgIpc) is 3.50.